The van der Waals surface area contributed by atoms with Crippen LogP contribution in [-0.2, 0) is 10.0 Å². The van der Waals surface area contributed by atoms with Gasteiger partial charge in [0.15, 0.2) is 0 Å². The molecule has 0 radical (unpaired) electrons. The molecule has 0 atom stereocenters. The Labute approximate surface area is 300 Å². The molecule has 270 valence electrons. The molecule has 4 aromatic rings. The number of methoxy groups -OCH3 is 1. The molecule has 0 bridgehead atoms. The first kappa shape index (κ1) is 33.9. The zero-order valence-electron chi connectivity index (χ0n) is 30.0. The molecule has 4 fully saturated rings. The van der Waals surface area contributed by atoms with Gasteiger partial charge >= 0.3 is 0 Å². The van der Waals surface area contributed by atoms with E-state index in [4.69, 9.17) is 14.7 Å². The minimum Gasteiger partial charge on any atom is -0.494 e. The van der Waals surface area contributed by atoms with Crippen molar-refractivity contribution in [1.82, 2.24) is 29.7 Å². The standard InChI is InChI=1S/C37H48N10O3S/c1-44-17-19-46(20-18-44)26-11-15-47(16-12-26)32-22-33(50-3)31(21-27(32)24-5-6-24)42-37-40-23-28(25-7-8-25)36(43-37)41-30-10-9-29-34(39-14-13-38-29)35(30)45(2)51(4,48)49/h9-10,13-14,21-26H,5-8,11-12,15-20H2,1-4H3,(H2,40,41,42,43). The summed E-state index contributed by atoms with van der Waals surface area (Å²) in [5.74, 6) is 2.70. The molecule has 2 aliphatic carbocycles. The van der Waals surface area contributed by atoms with E-state index in [0.29, 0.717) is 52.1 Å². The monoisotopic (exact) mass is 712 g/mol. The van der Waals surface area contributed by atoms with E-state index in [1.807, 2.05) is 18.3 Å². The van der Waals surface area contributed by atoms with E-state index in [9.17, 15) is 8.42 Å². The zero-order valence-corrected chi connectivity index (χ0v) is 30.8. The summed E-state index contributed by atoms with van der Waals surface area (Å²) in [5.41, 5.74) is 6.53. The van der Waals surface area contributed by atoms with Gasteiger partial charge in [0.1, 0.15) is 22.8 Å². The molecule has 4 heterocycles. The maximum Gasteiger partial charge on any atom is 0.232 e. The van der Waals surface area contributed by atoms with Crippen LogP contribution in [0.4, 0.5) is 34.5 Å². The first-order valence-corrected chi connectivity index (χ1v) is 20.0. The molecule has 13 nitrogen and oxygen atoms in total. The number of sulfonamides is 1. The van der Waals surface area contributed by atoms with Gasteiger partial charge in [0.2, 0.25) is 16.0 Å². The molecular weight excluding hydrogens is 665 g/mol. The number of hydrogen-bond donors (Lipinski definition) is 2. The summed E-state index contributed by atoms with van der Waals surface area (Å²) in [6.07, 6.45) is 13.1. The maximum absolute atomic E-state index is 12.8. The fourth-order valence-corrected chi connectivity index (χ4v) is 8.12. The average molecular weight is 713 g/mol. The second-order valence-corrected chi connectivity index (χ2v) is 16.6. The fraction of sp³-hybridized carbons (Fsp3) is 0.514. The second-order valence-electron chi connectivity index (χ2n) is 14.6. The minimum atomic E-state index is -3.60. The van der Waals surface area contributed by atoms with Crippen LogP contribution in [0.15, 0.2) is 42.9 Å². The van der Waals surface area contributed by atoms with Crippen LogP contribution in [0.1, 0.15) is 61.5 Å². The lowest BCUT2D eigenvalue weighted by Crippen LogP contribution is -2.52. The van der Waals surface area contributed by atoms with Crippen molar-refractivity contribution in [2.75, 3.05) is 86.6 Å². The van der Waals surface area contributed by atoms with Crippen LogP contribution >= 0.6 is 0 Å². The van der Waals surface area contributed by atoms with E-state index in [1.165, 1.54) is 67.6 Å². The van der Waals surface area contributed by atoms with Gasteiger partial charge in [0, 0.05) is 88.3 Å². The van der Waals surface area contributed by atoms with Crippen LogP contribution in [0.5, 0.6) is 5.75 Å². The minimum absolute atomic E-state index is 0.341. The largest absolute Gasteiger partial charge is 0.494 e. The average Bonchev–Trinajstić information content (AvgIpc) is 4.06. The third kappa shape index (κ3) is 7.13. The Hall–Kier alpha value is -4.27. The van der Waals surface area contributed by atoms with Crippen LogP contribution in [0, 0.1) is 0 Å². The van der Waals surface area contributed by atoms with Crippen LogP contribution in [0.3, 0.4) is 0 Å². The number of nitrogens with zero attached hydrogens (tertiary/aromatic N) is 8. The van der Waals surface area contributed by atoms with E-state index >= 15 is 0 Å². The summed E-state index contributed by atoms with van der Waals surface area (Å²) in [6, 6.07) is 8.77. The summed E-state index contributed by atoms with van der Waals surface area (Å²) in [6.45, 7) is 6.73. The van der Waals surface area contributed by atoms with Gasteiger partial charge in [-0.15, -0.1) is 0 Å². The Morgan fingerprint density at radius 1 is 0.843 bits per heavy atom. The highest BCUT2D eigenvalue weighted by molar-refractivity contribution is 7.92. The lowest BCUT2D eigenvalue weighted by molar-refractivity contribution is 0.0982. The number of hydrogen-bond acceptors (Lipinski definition) is 12. The van der Waals surface area contributed by atoms with Crippen molar-refractivity contribution in [2.24, 2.45) is 0 Å². The van der Waals surface area contributed by atoms with Gasteiger partial charge in [0.05, 0.1) is 30.3 Å². The van der Waals surface area contributed by atoms with E-state index in [2.05, 4.69) is 54.5 Å². The number of piperidine rings is 1. The summed E-state index contributed by atoms with van der Waals surface area (Å²) in [7, 11) is 1.86. The Morgan fingerprint density at radius 3 is 2.24 bits per heavy atom. The first-order chi connectivity index (χ1) is 24.7. The van der Waals surface area contributed by atoms with Gasteiger partial charge in [-0.3, -0.25) is 19.2 Å². The molecule has 2 aromatic heterocycles. The molecule has 2 aromatic carbocycles. The molecule has 51 heavy (non-hydrogen) atoms. The van der Waals surface area contributed by atoms with E-state index < -0.39 is 10.0 Å². The molecule has 8 rings (SSSR count). The van der Waals surface area contributed by atoms with Crippen molar-refractivity contribution in [3.8, 4) is 5.75 Å². The van der Waals surface area contributed by atoms with Crippen molar-refractivity contribution < 1.29 is 13.2 Å². The predicted octanol–water partition coefficient (Wildman–Crippen LogP) is 5.28. The van der Waals surface area contributed by atoms with E-state index in [-0.39, 0.29) is 0 Å². The number of anilines is 6. The summed E-state index contributed by atoms with van der Waals surface area (Å²) >= 11 is 0. The van der Waals surface area contributed by atoms with Crippen LogP contribution < -0.4 is 24.6 Å². The summed E-state index contributed by atoms with van der Waals surface area (Å²) in [5, 5.41) is 6.96. The summed E-state index contributed by atoms with van der Waals surface area (Å²) < 4.78 is 32.8. The number of aromatic nitrogens is 4. The van der Waals surface area contributed by atoms with Crippen molar-refractivity contribution >= 4 is 55.6 Å². The van der Waals surface area contributed by atoms with Gasteiger partial charge in [0.25, 0.3) is 0 Å². The van der Waals surface area contributed by atoms with Crippen molar-refractivity contribution in [2.45, 2.75) is 56.4 Å². The zero-order chi connectivity index (χ0) is 35.3. The number of rotatable bonds is 11. The van der Waals surface area contributed by atoms with Crippen molar-refractivity contribution in [1.29, 1.82) is 0 Å². The van der Waals surface area contributed by atoms with Gasteiger partial charge in [-0.25, -0.2) is 13.4 Å². The molecule has 2 saturated heterocycles. The summed E-state index contributed by atoms with van der Waals surface area (Å²) in [4.78, 5) is 26.3. The Morgan fingerprint density at radius 2 is 1.55 bits per heavy atom. The molecule has 2 aliphatic heterocycles. The lowest BCUT2D eigenvalue weighted by Gasteiger charge is -2.43. The normalized spacial score (nSPS) is 19.3. The van der Waals surface area contributed by atoms with E-state index in [1.54, 1.807) is 19.5 Å². The Bertz CT molecular complexity index is 2020. The fourth-order valence-electron chi connectivity index (χ4n) is 7.61. The quantitative estimate of drug-likeness (QED) is 0.210. The van der Waals surface area contributed by atoms with Crippen LogP contribution in [-0.4, -0.2) is 111 Å². The lowest BCUT2D eigenvalue weighted by atomic mass is 9.99. The van der Waals surface area contributed by atoms with Crippen molar-refractivity contribution in [3.63, 3.8) is 0 Å². The molecule has 0 spiro atoms. The number of ether oxygens (including phenoxy) is 1. The number of benzene rings is 2. The Kier molecular flexibility index (Phi) is 9.09. The molecule has 2 N–H and O–H groups in total. The molecule has 4 aliphatic rings. The molecular formula is C37H48N10O3S. The number of nitrogens with one attached hydrogen (secondary N) is 2. The van der Waals surface area contributed by atoms with Crippen LogP contribution in [0.2, 0.25) is 0 Å². The number of piperazine rings is 1. The third-order valence-electron chi connectivity index (χ3n) is 11.0. The highest BCUT2D eigenvalue weighted by Crippen LogP contribution is 2.49. The highest BCUT2D eigenvalue weighted by Gasteiger charge is 2.33. The first-order valence-electron chi connectivity index (χ1n) is 18.1. The smallest absolute Gasteiger partial charge is 0.232 e. The maximum atomic E-state index is 12.8. The number of fused-ring (bicyclic) bond motifs is 1. The topological polar surface area (TPSA) is 132 Å². The second kappa shape index (κ2) is 13.7. The van der Waals surface area contributed by atoms with Gasteiger partial charge in [-0.2, -0.15) is 4.98 Å². The Balaban J connectivity index is 1.08. The molecule has 0 unspecified atom stereocenters. The molecule has 14 heteroatoms. The van der Waals surface area contributed by atoms with Crippen LogP contribution in [0.25, 0.3) is 11.0 Å². The predicted molar refractivity (Wildman–Crippen MR) is 203 cm³/mol. The SMILES string of the molecule is COc1cc(N2CCC(N3CCN(C)CC3)CC2)c(C2CC2)cc1Nc1ncc(C2CC2)c(Nc2ccc3nccnc3c2N(C)S(C)(=O)=O)n1. The molecule has 0 amide bonds. The van der Waals surface area contributed by atoms with Crippen molar-refractivity contribution in [3.05, 3.63) is 54.0 Å². The third-order valence-corrected chi connectivity index (χ3v) is 12.2. The van der Waals surface area contributed by atoms with Gasteiger partial charge in [-0.1, -0.05) is 0 Å². The van der Waals surface area contributed by atoms with Gasteiger partial charge in [-0.05, 0) is 81.2 Å². The van der Waals surface area contributed by atoms with E-state index in [0.717, 1.165) is 56.0 Å². The highest BCUT2D eigenvalue weighted by atomic mass is 32.2. The van der Waals surface area contributed by atoms with Gasteiger partial charge < -0.3 is 25.2 Å². The number of likely N-dealkylation sites (N-methyl/N-ethyl adjacent to an activating group) is 1. The molecule has 2 saturated carbocycles.